The van der Waals surface area contributed by atoms with Crippen LogP contribution in [0, 0.1) is 7.43 Å². The Labute approximate surface area is 193 Å². The number of hydrogen-bond acceptors (Lipinski definition) is 7. The molecule has 1 saturated carbocycles. The van der Waals surface area contributed by atoms with Crippen molar-refractivity contribution in [3.8, 4) is 11.5 Å². The van der Waals surface area contributed by atoms with E-state index in [-0.39, 0.29) is 31.8 Å². The molecular formula is C16H23F3N2O7RuS2. The predicted octanol–water partition coefficient (Wildman–Crippen LogP) is 3.63. The number of sulfonamides is 1. The van der Waals surface area contributed by atoms with E-state index in [4.69, 9.17) is 28.2 Å². The molecule has 15 heteroatoms. The predicted molar refractivity (Wildman–Crippen MR) is 103 cm³/mol. The molecule has 180 valence electrons. The van der Waals surface area contributed by atoms with Crippen molar-refractivity contribution in [2.24, 2.45) is 0 Å². The van der Waals surface area contributed by atoms with Crippen LogP contribution in [-0.4, -0.2) is 53.2 Å². The van der Waals surface area contributed by atoms with Crippen LogP contribution < -0.4 is 9.47 Å². The Bertz CT molecular complexity index is 897. The molecule has 2 rings (SSSR count). The summed E-state index contributed by atoms with van der Waals surface area (Å²) in [7, 11) is -6.93. The maximum absolute atomic E-state index is 12.4. The summed E-state index contributed by atoms with van der Waals surface area (Å²) in [5, 5.41) is 0. The van der Waals surface area contributed by atoms with E-state index < -0.39 is 37.7 Å². The number of alkyl halides is 3. The molecule has 0 spiro atoms. The van der Waals surface area contributed by atoms with Gasteiger partial charge >= 0.3 is 25.0 Å². The molecule has 0 bridgehead atoms. The first-order valence-electron chi connectivity index (χ1n) is 8.15. The second kappa shape index (κ2) is 12.9. The van der Waals surface area contributed by atoms with Crippen LogP contribution in [0.25, 0.3) is 10.5 Å². The molecule has 0 saturated heterocycles. The fraction of sp³-hybridized carbons (Fsp3) is 0.562. The average Bonchev–Trinajstić information content (AvgIpc) is 2.61. The Hall–Kier alpha value is -0.987. The van der Waals surface area contributed by atoms with Crippen molar-refractivity contribution >= 4 is 20.1 Å². The summed E-state index contributed by atoms with van der Waals surface area (Å²) in [6.07, 6.45) is 3.25. The van der Waals surface area contributed by atoms with Crippen LogP contribution in [0.15, 0.2) is 23.1 Å². The van der Waals surface area contributed by atoms with Gasteiger partial charge in [-0.2, -0.15) is 19.2 Å². The number of nitrogens with zero attached hydrogens (tertiary/aromatic N) is 1. The van der Waals surface area contributed by atoms with Gasteiger partial charge in [0.15, 0.2) is 21.6 Å². The van der Waals surface area contributed by atoms with E-state index in [1.165, 1.54) is 26.4 Å². The molecule has 2 atom stereocenters. The fourth-order valence-electron chi connectivity index (χ4n) is 2.45. The van der Waals surface area contributed by atoms with Crippen LogP contribution in [0.1, 0.15) is 25.7 Å². The normalized spacial score (nSPS) is 19.1. The maximum Gasteiger partial charge on any atom is 4.00 e. The van der Waals surface area contributed by atoms with E-state index in [2.05, 4.69) is 4.72 Å². The minimum absolute atomic E-state index is 0. The Balaban J connectivity index is 0. The van der Waals surface area contributed by atoms with Gasteiger partial charge in [0, 0.05) is 6.07 Å². The largest absolute Gasteiger partial charge is 4.00 e. The van der Waals surface area contributed by atoms with E-state index in [0.29, 0.717) is 24.3 Å². The number of halogens is 3. The third-order valence-electron chi connectivity index (χ3n) is 3.94. The third kappa shape index (κ3) is 9.58. The molecule has 0 unspecified atom stereocenters. The number of benzene rings is 1. The topological polar surface area (TPSA) is 148 Å². The van der Waals surface area contributed by atoms with E-state index in [0.717, 1.165) is 12.8 Å². The first kappa shape index (κ1) is 32.2. The Morgan fingerprint density at radius 1 is 1.06 bits per heavy atom. The maximum atomic E-state index is 12.4. The van der Waals surface area contributed by atoms with Crippen LogP contribution in [0.2, 0.25) is 0 Å². The molecule has 1 aliphatic rings. The molecule has 0 aromatic heterocycles. The molecule has 0 amide bonds. The van der Waals surface area contributed by atoms with Crippen LogP contribution in [-0.2, 0) is 39.6 Å². The Morgan fingerprint density at radius 2 is 1.55 bits per heavy atom. The monoisotopic (exact) mass is 578 g/mol. The second-order valence-corrected chi connectivity index (χ2v) is 8.96. The first-order chi connectivity index (χ1) is 13.2. The SMILES string of the molecule is COc1ccc(S(=O)(=O)[N-][C@H]2CCCC[C@@H]2[NH-])cc1OC.O=S(=O)([O-])C(F)(F)F.[CH3-].[Ru+4]. The molecule has 1 fully saturated rings. The summed E-state index contributed by atoms with van der Waals surface area (Å²) < 4.78 is 97.8. The first-order valence-corrected chi connectivity index (χ1v) is 11.0. The molecule has 9 nitrogen and oxygen atoms in total. The molecule has 0 radical (unpaired) electrons. The summed E-state index contributed by atoms with van der Waals surface area (Å²) in [5.41, 5.74) is 2.27. The number of nitrogens with one attached hydrogen (secondary N) is 1. The number of methoxy groups -OCH3 is 2. The van der Waals surface area contributed by atoms with Crippen molar-refractivity contribution < 1.29 is 63.5 Å². The smallest absolute Gasteiger partial charge is 0.741 e. The second-order valence-electron chi connectivity index (χ2n) is 5.96. The van der Waals surface area contributed by atoms with Crippen LogP contribution in [0.4, 0.5) is 13.2 Å². The van der Waals surface area contributed by atoms with E-state index in [1.807, 2.05) is 0 Å². The molecule has 31 heavy (non-hydrogen) atoms. The van der Waals surface area contributed by atoms with Gasteiger partial charge in [0.25, 0.3) is 0 Å². The van der Waals surface area contributed by atoms with Gasteiger partial charge in [0.05, 0.1) is 19.1 Å². The van der Waals surface area contributed by atoms with Gasteiger partial charge in [0.1, 0.15) is 10.0 Å². The van der Waals surface area contributed by atoms with Gasteiger partial charge in [-0.1, -0.05) is 25.7 Å². The van der Waals surface area contributed by atoms with Gasteiger partial charge in [-0.05, 0) is 12.1 Å². The van der Waals surface area contributed by atoms with Crippen molar-refractivity contribution in [1.82, 2.24) is 0 Å². The zero-order valence-corrected chi connectivity index (χ0v) is 20.2. The van der Waals surface area contributed by atoms with Gasteiger partial charge in [-0.3, -0.25) is 0 Å². The molecule has 1 aliphatic carbocycles. The number of rotatable bonds is 5. The summed E-state index contributed by atoms with van der Waals surface area (Å²) in [6, 6.07) is 3.51. The van der Waals surface area contributed by atoms with Crippen molar-refractivity contribution in [3.63, 3.8) is 0 Å². The van der Waals surface area contributed by atoms with Crippen molar-refractivity contribution in [3.05, 3.63) is 36.1 Å². The molecule has 1 aromatic carbocycles. The van der Waals surface area contributed by atoms with Crippen LogP contribution in [0.3, 0.4) is 0 Å². The van der Waals surface area contributed by atoms with Crippen molar-refractivity contribution in [2.75, 3.05) is 14.2 Å². The zero-order chi connectivity index (χ0) is 22.5. The molecule has 1 aromatic rings. The fourth-order valence-corrected chi connectivity index (χ4v) is 3.68. The van der Waals surface area contributed by atoms with Crippen LogP contribution >= 0.6 is 0 Å². The minimum Gasteiger partial charge on any atom is -0.741 e. The Kier molecular flexibility index (Phi) is 13.4. The van der Waals surface area contributed by atoms with Gasteiger partial charge in [-0.15, -0.1) is 6.04 Å². The summed E-state index contributed by atoms with van der Waals surface area (Å²) in [5.74, 6) is 0.812. The number of ether oxygens (including phenoxy) is 2. The van der Waals surface area contributed by atoms with Crippen molar-refractivity contribution in [2.45, 2.75) is 48.2 Å². The molecule has 0 aliphatic heterocycles. The molecule has 1 N–H and O–H groups in total. The molecule has 0 heterocycles. The Morgan fingerprint density at radius 3 is 1.97 bits per heavy atom. The minimum atomic E-state index is -6.09. The zero-order valence-electron chi connectivity index (χ0n) is 16.8. The third-order valence-corrected chi connectivity index (χ3v) is 5.90. The quantitative estimate of drug-likeness (QED) is 0.225. The standard InChI is InChI=1S/C14H20N2O4S.CHF3O3S.CH3.Ru/c1-19-13-8-7-10(9-14(13)20-2)21(17,18)16-12-6-4-3-5-11(12)15;2-1(3,4)8(5,6)7;;/h7-9,11-12,15H,3-6H2,1-2H3;(H,5,6,7);1H3;/q-2;;-1;+4/p-1/t11-,12-;;;/m0.../s1. The van der Waals surface area contributed by atoms with E-state index in [1.54, 1.807) is 6.07 Å². The summed E-state index contributed by atoms with van der Waals surface area (Å²) in [6.45, 7) is 0. The average molecular weight is 578 g/mol. The van der Waals surface area contributed by atoms with Crippen molar-refractivity contribution in [1.29, 1.82) is 0 Å². The molecular weight excluding hydrogens is 554 g/mol. The van der Waals surface area contributed by atoms with Gasteiger partial charge in [0.2, 0.25) is 0 Å². The van der Waals surface area contributed by atoms with E-state index in [9.17, 15) is 21.6 Å². The summed E-state index contributed by atoms with van der Waals surface area (Å²) >= 11 is 0. The van der Waals surface area contributed by atoms with Gasteiger partial charge < -0.3 is 31.9 Å². The van der Waals surface area contributed by atoms with Gasteiger partial charge in [-0.25, -0.2) is 16.8 Å². The van der Waals surface area contributed by atoms with Crippen LogP contribution in [0.5, 0.6) is 11.5 Å². The summed E-state index contributed by atoms with van der Waals surface area (Å²) in [4.78, 5) is 0.0675. The number of hydrogen-bond donors (Lipinski definition) is 0. The van der Waals surface area contributed by atoms with E-state index >= 15 is 0 Å².